The molecule has 1 unspecified atom stereocenters. The molecule has 7 nitrogen and oxygen atoms in total. The van der Waals surface area contributed by atoms with Crippen molar-refractivity contribution in [1.29, 1.82) is 0 Å². The van der Waals surface area contributed by atoms with Crippen LogP contribution in [0.5, 0.6) is 5.75 Å². The molecule has 2 saturated heterocycles. The Kier molecular flexibility index (Phi) is 7.00. The van der Waals surface area contributed by atoms with Crippen molar-refractivity contribution in [2.24, 2.45) is 5.92 Å². The number of amides is 3. The second-order valence-electron chi connectivity index (χ2n) is 8.52. The minimum Gasteiger partial charge on any atom is -0.494 e. The Hall–Kier alpha value is -3.56. The molecule has 4 rings (SSSR count). The lowest BCUT2D eigenvalue weighted by atomic mass is 10.1. The molecule has 0 radical (unpaired) electrons. The third-order valence-electron chi connectivity index (χ3n) is 6.27. The maximum atomic E-state index is 13.1. The maximum Gasteiger partial charge on any atom is 0.416 e. The van der Waals surface area contributed by atoms with Gasteiger partial charge in [-0.3, -0.25) is 14.4 Å². The highest BCUT2D eigenvalue weighted by Crippen LogP contribution is 2.30. The quantitative estimate of drug-likeness (QED) is 0.645. The summed E-state index contributed by atoms with van der Waals surface area (Å²) in [7, 11) is 0. The lowest BCUT2D eigenvalue weighted by Gasteiger charge is -2.36. The van der Waals surface area contributed by atoms with Crippen molar-refractivity contribution in [3.63, 3.8) is 0 Å². The molecule has 0 N–H and O–H groups in total. The second kappa shape index (κ2) is 9.97. The van der Waals surface area contributed by atoms with Gasteiger partial charge >= 0.3 is 6.18 Å². The number of hydrogen-bond acceptors (Lipinski definition) is 4. The molecule has 0 saturated carbocycles. The number of hydrogen-bond donors (Lipinski definition) is 0. The first-order valence-electron chi connectivity index (χ1n) is 11.5. The van der Waals surface area contributed by atoms with Gasteiger partial charge in [-0.05, 0) is 55.5 Å². The van der Waals surface area contributed by atoms with Crippen LogP contribution in [-0.2, 0) is 15.8 Å². The fraction of sp³-hybridized carbons (Fsp3) is 0.400. The maximum absolute atomic E-state index is 13.1. The third-order valence-corrected chi connectivity index (χ3v) is 6.27. The molecule has 1 atom stereocenters. The number of carbonyl (C=O) groups is 3. The first-order valence-corrected chi connectivity index (χ1v) is 11.5. The van der Waals surface area contributed by atoms with Gasteiger partial charge in [0, 0.05) is 50.4 Å². The molecule has 35 heavy (non-hydrogen) atoms. The van der Waals surface area contributed by atoms with Crippen molar-refractivity contribution in [3.05, 3.63) is 59.7 Å². The van der Waals surface area contributed by atoms with E-state index in [1.165, 1.54) is 17.0 Å². The van der Waals surface area contributed by atoms with E-state index >= 15 is 0 Å². The Morgan fingerprint density at radius 1 is 0.943 bits per heavy atom. The number of ether oxygens (including phenoxy) is 1. The number of nitrogens with zero attached hydrogens (tertiary/aromatic N) is 3. The normalized spacial score (nSPS) is 18.7. The van der Waals surface area contributed by atoms with Gasteiger partial charge in [-0.25, -0.2) is 0 Å². The van der Waals surface area contributed by atoms with Crippen LogP contribution in [0.15, 0.2) is 48.5 Å². The molecule has 3 amide bonds. The Balaban J connectivity index is 1.32. The highest BCUT2D eigenvalue weighted by molar-refractivity contribution is 6.00. The average molecular weight is 489 g/mol. The third kappa shape index (κ3) is 5.41. The molecule has 0 aromatic heterocycles. The van der Waals surface area contributed by atoms with Crippen LogP contribution in [0.1, 0.15) is 29.3 Å². The summed E-state index contributed by atoms with van der Waals surface area (Å²) in [5.74, 6) is -0.383. The number of carbonyl (C=O) groups excluding carboxylic acids is 3. The molecule has 2 aromatic carbocycles. The summed E-state index contributed by atoms with van der Waals surface area (Å²) >= 11 is 0. The summed E-state index contributed by atoms with van der Waals surface area (Å²) in [6.45, 7) is 3.87. The molecule has 0 spiro atoms. The van der Waals surface area contributed by atoms with Crippen LogP contribution in [0.25, 0.3) is 0 Å². The van der Waals surface area contributed by atoms with E-state index < -0.39 is 17.7 Å². The van der Waals surface area contributed by atoms with Gasteiger partial charge in [0.25, 0.3) is 5.91 Å². The van der Waals surface area contributed by atoms with Crippen LogP contribution in [0.4, 0.5) is 18.9 Å². The van der Waals surface area contributed by atoms with Gasteiger partial charge in [-0.15, -0.1) is 0 Å². The summed E-state index contributed by atoms with van der Waals surface area (Å²) < 4.78 is 43.7. The number of anilines is 1. The van der Waals surface area contributed by atoms with Gasteiger partial charge in [0.05, 0.1) is 18.1 Å². The molecule has 186 valence electrons. The molecule has 2 aliphatic heterocycles. The van der Waals surface area contributed by atoms with Crippen molar-refractivity contribution in [3.8, 4) is 5.75 Å². The fourth-order valence-corrected chi connectivity index (χ4v) is 4.38. The monoisotopic (exact) mass is 489 g/mol. The van der Waals surface area contributed by atoms with Crippen molar-refractivity contribution < 1.29 is 32.3 Å². The number of piperazine rings is 1. The topological polar surface area (TPSA) is 70.2 Å². The van der Waals surface area contributed by atoms with E-state index in [1.54, 1.807) is 34.1 Å². The largest absolute Gasteiger partial charge is 0.494 e. The number of halogens is 3. The number of alkyl halides is 3. The first-order chi connectivity index (χ1) is 16.7. The Morgan fingerprint density at radius 2 is 1.54 bits per heavy atom. The zero-order chi connectivity index (χ0) is 25.2. The van der Waals surface area contributed by atoms with E-state index in [9.17, 15) is 27.6 Å². The molecule has 2 aliphatic rings. The smallest absolute Gasteiger partial charge is 0.416 e. The number of benzene rings is 2. The summed E-state index contributed by atoms with van der Waals surface area (Å²) in [6.07, 6.45) is -4.34. The first kappa shape index (κ1) is 24.6. The predicted octanol–water partition coefficient (Wildman–Crippen LogP) is 3.44. The minimum absolute atomic E-state index is 0.122. The van der Waals surface area contributed by atoms with E-state index in [0.29, 0.717) is 31.1 Å². The van der Waals surface area contributed by atoms with E-state index in [0.717, 1.165) is 12.1 Å². The fourth-order valence-electron chi connectivity index (χ4n) is 4.38. The molecular weight excluding hydrogens is 463 g/mol. The van der Waals surface area contributed by atoms with Crippen molar-refractivity contribution >= 4 is 23.4 Å². The van der Waals surface area contributed by atoms with Crippen LogP contribution >= 0.6 is 0 Å². The van der Waals surface area contributed by atoms with Gasteiger partial charge < -0.3 is 19.4 Å². The standard InChI is InChI=1S/C25H26F3N3O4/c1-2-35-21-9-7-20(8-10-21)31-16-18(15-22(31)32)24(34)30-13-11-29(12-14-30)23(33)17-3-5-19(6-4-17)25(26,27)28/h3-10,18H,2,11-16H2,1H3. The molecule has 2 heterocycles. The van der Waals surface area contributed by atoms with E-state index in [-0.39, 0.29) is 49.3 Å². The predicted molar refractivity (Wildman–Crippen MR) is 122 cm³/mol. The van der Waals surface area contributed by atoms with E-state index in [1.807, 2.05) is 6.92 Å². The molecule has 10 heteroatoms. The Bertz CT molecular complexity index is 1080. The second-order valence-corrected chi connectivity index (χ2v) is 8.52. The van der Waals surface area contributed by atoms with Gasteiger partial charge in [0.15, 0.2) is 0 Å². The minimum atomic E-state index is -4.46. The SMILES string of the molecule is CCOc1ccc(N2CC(C(=O)N3CCN(C(=O)c4ccc(C(F)(F)F)cc4)CC3)CC2=O)cc1. The van der Waals surface area contributed by atoms with Crippen LogP contribution in [0, 0.1) is 5.92 Å². The van der Waals surface area contributed by atoms with Crippen molar-refractivity contribution in [2.45, 2.75) is 19.5 Å². The van der Waals surface area contributed by atoms with Gasteiger partial charge in [-0.2, -0.15) is 13.2 Å². The zero-order valence-electron chi connectivity index (χ0n) is 19.3. The zero-order valence-corrected chi connectivity index (χ0v) is 19.3. The molecule has 0 aliphatic carbocycles. The van der Waals surface area contributed by atoms with Crippen LogP contribution < -0.4 is 9.64 Å². The molecular formula is C25H26F3N3O4. The summed E-state index contributed by atoms with van der Waals surface area (Å²) in [5.41, 5.74) is 0.0701. The lowest BCUT2D eigenvalue weighted by molar-refractivity contribution is -0.138. The summed E-state index contributed by atoms with van der Waals surface area (Å²) in [6, 6.07) is 11.3. The molecule has 2 fully saturated rings. The van der Waals surface area contributed by atoms with Crippen molar-refractivity contribution in [1.82, 2.24) is 9.80 Å². The van der Waals surface area contributed by atoms with Crippen LogP contribution in [-0.4, -0.2) is 66.9 Å². The molecule has 2 aromatic rings. The average Bonchev–Trinajstić information content (AvgIpc) is 3.25. The van der Waals surface area contributed by atoms with E-state index in [4.69, 9.17) is 4.74 Å². The van der Waals surface area contributed by atoms with Crippen molar-refractivity contribution in [2.75, 3.05) is 44.2 Å². The van der Waals surface area contributed by atoms with Gasteiger partial charge in [0.2, 0.25) is 11.8 Å². The van der Waals surface area contributed by atoms with Gasteiger partial charge in [-0.1, -0.05) is 0 Å². The van der Waals surface area contributed by atoms with Crippen LogP contribution in [0.2, 0.25) is 0 Å². The summed E-state index contributed by atoms with van der Waals surface area (Å²) in [4.78, 5) is 43.1. The lowest BCUT2D eigenvalue weighted by Crippen LogP contribution is -2.52. The summed E-state index contributed by atoms with van der Waals surface area (Å²) in [5, 5.41) is 0. The van der Waals surface area contributed by atoms with Gasteiger partial charge in [0.1, 0.15) is 5.75 Å². The number of rotatable bonds is 5. The Labute approximate surface area is 201 Å². The molecule has 0 bridgehead atoms. The van der Waals surface area contributed by atoms with Crippen LogP contribution in [0.3, 0.4) is 0 Å². The highest BCUT2D eigenvalue weighted by atomic mass is 19.4. The highest BCUT2D eigenvalue weighted by Gasteiger charge is 2.38. The Morgan fingerprint density at radius 3 is 2.11 bits per heavy atom. The van der Waals surface area contributed by atoms with E-state index in [2.05, 4.69) is 0 Å².